The molecular formula is C13H13F3N2O3. The summed E-state index contributed by atoms with van der Waals surface area (Å²) in [7, 11) is 0. The number of rotatable bonds is 6. The van der Waals surface area contributed by atoms with Crippen LogP contribution < -0.4 is 15.8 Å². The van der Waals surface area contributed by atoms with Crippen LogP contribution in [0, 0.1) is 0 Å². The van der Waals surface area contributed by atoms with Crippen molar-refractivity contribution in [1.29, 1.82) is 0 Å². The minimum Gasteiger partial charge on any atom is -0.484 e. The number of nitrogens with two attached hydrogens (primary N) is 1. The van der Waals surface area contributed by atoms with Crippen LogP contribution in [0.2, 0.25) is 0 Å². The molecular weight excluding hydrogens is 289 g/mol. The Balaban J connectivity index is 2.49. The number of alkyl halides is 3. The summed E-state index contributed by atoms with van der Waals surface area (Å²) in [6, 6.07) is 6.22. The summed E-state index contributed by atoms with van der Waals surface area (Å²) in [5.74, 6) is -1.05. The van der Waals surface area contributed by atoms with Crippen LogP contribution >= 0.6 is 0 Å². The molecule has 0 spiro atoms. The van der Waals surface area contributed by atoms with Gasteiger partial charge in [0.1, 0.15) is 12.3 Å². The molecule has 0 saturated carbocycles. The lowest BCUT2D eigenvalue weighted by molar-refractivity contribution is -0.135. The Kier molecular flexibility index (Phi) is 5.77. The minimum absolute atomic E-state index is 0.255. The highest BCUT2D eigenvalue weighted by Crippen LogP contribution is 2.13. The molecule has 0 atom stereocenters. The Morgan fingerprint density at radius 3 is 2.38 bits per heavy atom. The number of amides is 2. The normalized spacial score (nSPS) is 11.4. The molecule has 0 saturated heterocycles. The van der Waals surface area contributed by atoms with E-state index < -0.39 is 24.5 Å². The average Bonchev–Trinajstić information content (AvgIpc) is 2.41. The van der Waals surface area contributed by atoms with Gasteiger partial charge in [-0.2, -0.15) is 13.2 Å². The van der Waals surface area contributed by atoms with Crippen molar-refractivity contribution in [2.75, 3.05) is 13.2 Å². The first-order chi connectivity index (χ1) is 9.76. The highest BCUT2D eigenvalue weighted by atomic mass is 19.4. The molecule has 0 aliphatic rings. The first-order valence-electron chi connectivity index (χ1n) is 5.80. The monoisotopic (exact) mass is 302 g/mol. The number of nitrogens with one attached hydrogen (secondary N) is 1. The first-order valence-corrected chi connectivity index (χ1v) is 5.80. The van der Waals surface area contributed by atoms with Crippen LogP contribution in [0.4, 0.5) is 13.2 Å². The van der Waals surface area contributed by atoms with Crippen molar-refractivity contribution in [3.8, 4) is 5.75 Å². The second kappa shape index (κ2) is 7.32. The van der Waals surface area contributed by atoms with E-state index in [4.69, 9.17) is 10.5 Å². The number of carbonyl (C=O) groups is 2. The summed E-state index contributed by atoms with van der Waals surface area (Å²) in [6.07, 6.45) is -2.10. The number of hydrogen-bond acceptors (Lipinski definition) is 3. The smallest absolute Gasteiger partial charge is 0.405 e. The van der Waals surface area contributed by atoms with E-state index in [1.54, 1.807) is 17.4 Å². The van der Waals surface area contributed by atoms with Gasteiger partial charge in [-0.05, 0) is 23.8 Å². The van der Waals surface area contributed by atoms with E-state index >= 15 is 0 Å². The van der Waals surface area contributed by atoms with Crippen LogP contribution in [0.25, 0.3) is 6.08 Å². The third-order valence-corrected chi connectivity index (χ3v) is 2.15. The molecule has 0 heterocycles. The third-order valence-electron chi connectivity index (χ3n) is 2.15. The lowest BCUT2D eigenvalue weighted by atomic mass is 10.2. The molecule has 5 nitrogen and oxygen atoms in total. The highest BCUT2D eigenvalue weighted by molar-refractivity contribution is 5.91. The second-order valence-corrected chi connectivity index (χ2v) is 3.99. The molecule has 0 radical (unpaired) electrons. The predicted molar refractivity (Wildman–Crippen MR) is 69.2 cm³/mol. The number of hydrogen-bond donors (Lipinski definition) is 2. The highest BCUT2D eigenvalue weighted by Gasteiger charge is 2.27. The zero-order chi connectivity index (χ0) is 15.9. The molecule has 0 fully saturated rings. The van der Waals surface area contributed by atoms with Gasteiger partial charge < -0.3 is 15.8 Å². The summed E-state index contributed by atoms with van der Waals surface area (Å²) in [4.78, 5) is 21.6. The van der Waals surface area contributed by atoms with Crippen molar-refractivity contribution < 1.29 is 27.5 Å². The van der Waals surface area contributed by atoms with E-state index in [0.717, 1.165) is 6.08 Å². The molecule has 0 bridgehead atoms. The maximum absolute atomic E-state index is 11.9. The molecule has 2 amide bonds. The Bertz CT molecular complexity index is 524. The van der Waals surface area contributed by atoms with Crippen LogP contribution in [0.15, 0.2) is 30.3 Å². The summed E-state index contributed by atoms with van der Waals surface area (Å²) in [5.41, 5.74) is 5.50. The molecule has 114 valence electrons. The maximum Gasteiger partial charge on any atom is 0.405 e. The van der Waals surface area contributed by atoms with E-state index in [-0.39, 0.29) is 6.61 Å². The van der Waals surface area contributed by atoms with Crippen LogP contribution in [0.3, 0.4) is 0 Å². The molecule has 1 aromatic carbocycles. The van der Waals surface area contributed by atoms with Gasteiger partial charge in [0, 0.05) is 6.08 Å². The fourth-order valence-corrected chi connectivity index (χ4v) is 1.25. The van der Waals surface area contributed by atoms with Crippen molar-refractivity contribution in [3.05, 3.63) is 35.9 Å². The largest absolute Gasteiger partial charge is 0.484 e. The Hall–Kier alpha value is -2.51. The SMILES string of the molecule is NC(=O)COc1ccc(/C=C/C(=O)NCC(F)(F)F)cc1. The molecule has 3 N–H and O–H groups in total. The summed E-state index contributed by atoms with van der Waals surface area (Å²) in [5, 5.41) is 1.71. The average molecular weight is 302 g/mol. The maximum atomic E-state index is 11.9. The van der Waals surface area contributed by atoms with Gasteiger partial charge in [0.2, 0.25) is 5.91 Å². The van der Waals surface area contributed by atoms with Gasteiger partial charge in [0.25, 0.3) is 5.91 Å². The van der Waals surface area contributed by atoms with E-state index in [2.05, 4.69) is 0 Å². The lowest BCUT2D eigenvalue weighted by Crippen LogP contribution is -2.32. The van der Waals surface area contributed by atoms with E-state index in [0.29, 0.717) is 11.3 Å². The van der Waals surface area contributed by atoms with Crippen LogP contribution in [0.5, 0.6) is 5.75 Å². The van der Waals surface area contributed by atoms with Gasteiger partial charge in [0.05, 0.1) is 0 Å². The second-order valence-electron chi connectivity index (χ2n) is 3.99. The standard InChI is InChI=1S/C13H13F3N2O3/c14-13(15,16)8-18-12(20)6-3-9-1-4-10(5-2-9)21-7-11(17)19/h1-6H,7-8H2,(H2,17,19)(H,18,20)/b6-3+. The third kappa shape index (κ3) is 7.61. The van der Waals surface area contributed by atoms with E-state index in [9.17, 15) is 22.8 Å². The van der Waals surface area contributed by atoms with E-state index in [1.807, 2.05) is 0 Å². The molecule has 0 aromatic heterocycles. The Morgan fingerprint density at radius 1 is 1.24 bits per heavy atom. The molecule has 1 aromatic rings. The Labute approximate surface area is 118 Å². The quantitative estimate of drug-likeness (QED) is 0.776. The van der Waals surface area contributed by atoms with Crippen molar-refractivity contribution in [2.45, 2.75) is 6.18 Å². The molecule has 0 aliphatic heterocycles. The predicted octanol–water partition coefficient (Wildman–Crippen LogP) is 1.24. The van der Waals surface area contributed by atoms with Crippen molar-refractivity contribution in [3.63, 3.8) is 0 Å². The number of halogens is 3. The zero-order valence-electron chi connectivity index (χ0n) is 10.8. The van der Waals surface area contributed by atoms with Crippen LogP contribution in [0.1, 0.15) is 5.56 Å². The summed E-state index contributed by atoms with van der Waals surface area (Å²) >= 11 is 0. The van der Waals surface area contributed by atoms with Crippen LogP contribution in [-0.4, -0.2) is 31.1 Å². The number of ether oxygens (including phenoxy) is 1. The van der Waals surface area contributed by atoms with Crippen molar-refractivity contribution in [1.82, 2.24) is 5.32 Å². The molecule has 21 heavy (non-hydrogen) atoms. The van der Waals surface area contributed by atoms with Crippen LogP contribution in [-0.2, 0) is 9.59 Å². The Morgan fingerprint density at radius 2 is 1.86 bits per heavy atom. The molecule has 0 unspecified atom stereocenters. The minimum atomic E-state index is -4.44. The van der Waals surface area contributed by atoms with Gasteiger partial charge in [-0.15, -0.1) is 0 Å². The zero-order valence-corrected chi connectivity index (χ0v) is 10.8. The van der Waals surface area contributed by atoms with Gasteiger partial charge in [-0.25, -0.2) is 0 Å². The number of primary amides is 1. The number of carbonyl (C=O) groups excluding carboxylic acids is 2. The molecule has 8 heteroatoms. The lowest BCUT2D eigenvalue weighted by Gasteiger charge is -2.06. The van der Waals surface area contributed by atoms with Crippen molar-refractivity contribution >= 4 is 17.9 Å². The van der Waals surface area contributed by atoms with Gasteiger partial charge in [0.15, 0.2) is 6.61 Å². The fraction of sp³-hybridized carbons (Fsp3) is 0.231. The topological polar surface area (TPSA) is 81.4 Å². The summed E-state index contributed by atoms with van der Waals surface area (Å²) in [6.45, 7) is -1.63. The number of benzene rings is 1. The first kappa shape index (κ1) is 16.5. The molecule has 0 aliphatic carbocycles. The summed E-state index contributed by atoms with van der Waals surface area (Å²) < 4.78 is 40.6. The van der Waals surface area contributed by atoms with Gasteiger partial charge >= 0.3 is 6.18 Å². The van der Waals surface area contributed by atoms with E-state index in [1.165, 1.54) is 18.2 Å². The van der Waals surface area contributed by atoms with Crippen molar-refractivity contribution in [2.24, 2.45) is 5.73 Å². The molecule has 1 rings (SSSR count). The van der Waals surface area contributed by atoms with Gasteiger partial charge in [-0.3, -0.25) is 9.59 Å². The fourth-order valence-electron chi connectivity index (χ4n) is 1.25. The van der Waals surface area contributed by atoms with Gasteiger partial charge in [-0.1, -0.05) is 12.1 Å².